The van der Waals surface area contributed by atoms with Gasteiger partial charge in [-0.05, 0) is 54.8 Å². The van der Waals surface area contributed by atoms with Crippen LogP contribution in [0.3, 0.4) is 0 Å². The summed E-state index contributed by atoms with van der Waals surface area (Å²) < 4.78 is 0. The van der Waals surface area contributed by atoms with Gasteiger partial charge in [-0.3, -0.25) is 9.78 Å². The fourth-order valence-electron chi connectivity index (χ4n) is 2.59. The van der Waals surface area contributed by atoms with E-state index >= 15 is 0 Å². The number of nitrogens with zero attached hydrogens (tertiary/aromatic N) is 2. The van der Waals surface area contributed by atoms with Crippen molar-refractivity contribution in [3.8, 4) is 0 Å². The first kappa shape index (κ1) is 17.9. The van der Waals surface area contributed by atoms with Crippen molar-refractivity contribution in [1.82, 2.24) is 15.3 Å². The Bertz CT molecular complexity index is 888. The zero-order chi connectivity index (χ0) is 18.5. The molecular weight excluding hydrogens is 348 g/mol. The number of hydrogen-bond acceptors (Lipinski definition) is 4. The van der Waals surface area contributed by atoms with E-state index in [1.165, 1.54) is 0 Å². The van der Waals surface area contributed by atoms with Gasteiger partial charge >= 0.3 is 0 Å². The first-order valence-corrected chi connectivity index (χ1v) is 8.57. The summed E-state index contributed by atoms with van der Waals surface area (Å²) in [6, 6.07) is 11.2. The molecule has 0 spiro atoms. The molecule has 3 aromatic rings. The molecule has 0 atom stereocenters. The largest absolute Gasteiger partial charge is 0.348 e. The number of anilines is 2. The van der Waals surface area contributed by atoms with Gasteiger partial charge in [0.1, 0.15) is 5.82 Å². The summed E-state index contributed by atoms with van der Waals surface area (Å²) in [7, 11) is 0. The van der Waals surface area contributed by atoms with Crippen molar-refractivity contribution in [2.24, 2.45) is 0 Å². The average molecular weight is 367 g/mol. The molecule has 2 N–H and O–H groups in total. The van der Waals surface area contributed by atoms with E-state index in [4.69, 9.17) is 11.6 Å². The van der Waals surface area contributed by atoms with Gasteiger partial charge in [-0.1, -0.05) is 23.7 Å². The van der Waals surface area contributed by atoms with E-state index in [0.717, 1.165) is 22.4 Å². The van der Waals surface area contributed by atoms with Crippen molar-refractivity contribution in [2.75, 3.05) is 5.32 Å². The zero-order valence-electron chi connectivity index (χ0n) is 14.6. The Hall–Kier alpha value is -2.92. The molecule has 6 heteroatoms. The Morgan fingerprint density at radius 1 is 1.15 bits per heavy atom. The van der Waals surface area contributed by atoms with E-state index in [2.05, 4.69) is 26.7 Å². The fraction of sp³-hybridized carbons (Fsp3) is 0.150. The van der Waals surface area contributed by atoms with Gasteiger partial charge in [-0.15, -0.1) is 0 Å². The molecule has 1 aromatic carbocycles. The van der Waals surface area contributed by atoms with Crippen molar-refractivity contribution < 1.29 is 4.79 Å². The third kappa shape index (κ3) is 4.37. The summed E-state index contributed by atoms with van der Waals surface area (Å²) in [6.45, 7) is 4.41. The van der Waals surface area contributed by atoms with Crippen LogP contribution in [0.4, 0.5) is 11.5 Å². The minimum atomic E-state index is -0.183. The van der Waals surface area contributed by atoms with Crippen LogP contribution >= 0.6 is 11.6 Å². The van der Waals surface area contributed by atoms with Gasteiger partial charge in [0, 0.05) is 25.1 Å². The van der Waals surface area contributed by atoms with Gasteiger partial charge in [0.05, 0.1) is 16.3 Å². The van der Waals surface area contributed by atoms with Crippen LogP contribution in [0.25, 0.3) is 0 Å². The highest BCUT2D eigenvalue weighted by Crippen LogP contribution is 2.29. The molecule has 0 aliphatic heterocycles. The molecule has 0 fully saturated rings. The molecule has 0 unspecified atom stereocenters. The summed E-state index contributed by atoms with van der Waals surface area (Å²) in [6.07, 6.45) is 4.96. The van der Waals surface area contributed by atoms with Gasteiger partial charge in [0.2, 0.25) is 0 Å². The highest BCUT2D eigenvalue weighted by Gasteiger charge is 2.09. The van der Waals surface area contributed by atoms with E-state index in [1.54, 1.807) is 30.7 Å². The Morgan fingerprint density at radius 2 is 2.00 bits per heavy atom. The number of benzene rings is 1. The molecule has 26 heavy (non-hydrogen) atoms. The normalized spacial score (nSPS) is 10.4. The van der Waals surface area contributed by atoms with E-state index in [9.17, 15) is 4.79 Å². The van der Waals surface area contributed by atoms with Crippen LogP contribution in [-0.4, -0.2) is 15.9 Å². The summed E-state index contributed by atoms with van der Waals surface area (Å²) in [4.78, 5) is 20.6. The number of nitrogens with one attached hydrogen (secondary N) is 2. The number of hydrogen-bond donors (Lipinski definition) is 2. The van der Waals surface area contributed by atoms with Crippen LogP contribution in [0.5, 0.6) is 0 Å². The standard InChI is InChI=1S/C20H19ClN4O/c1-13-8-14(2)19(17(21)9-13)25-18-6-5-16(12-23-18)20(26)24-11-15-4-3-7-22-10-15/h3-10,12H,11H2,1-2H3,(H,23,25)(H,24,26). The van der Waals surface area contributed by atoms with Crippen LogP contribution in [0.2, 0.25) is 5.02 Å². The molecule has 0 saturated carbocycles. The number of amides is 1. The number of aryl methyl sites for hydroxylation is 2. The predicted molar refractivity (Wildman–Crippen MR) is 104 cm³/mol. The molecule has 0 radical (unpaired) electrons. The highest BCUT2D eigenvalue weighted by atomic mass is 35.5. The first-order valence-electron chi connectivity index (χ1n) is 8.20. The number of halogens is 1. The van der Waals surface area contributed by atoms with Crippen LogP contribution in [-0.2, 0) is 6.54 Å². The highest BCUT2D eigenvalue weighted by molar-refractivity contribution is 6.33. The lowest BCUT2D eigenvalue weighted by Crippen LogP contribution is -2.23. The van der Waals surface area contributed by atoms with Crippen molar-refractivity contribution in [1.29, 1.82) is 0 Å². The Kier molecular flexibility index (Phi) is 5.49. The molecule has 0 saturated heterocycles. The summed E-state index contributed by atoms with van der Waals surface area (Å²) in [5, 5.41) is 6.70. The van der Waals surface area contributed by atoms with Gasteiger partial charge in [-0.2, -0.15) is 0 Å². The van der Waals surface area contributed by atoms with E-state index in [0.29, 0.717) is 22.9 Å². The number of aromatic nitrogens is 2. The first-order chi connectivity index (χ1) is 12.5. The molecule has 5 nitrogen and oxygen atoms in total. The third-order valence-electron chi connectivity index (χ3n) is 3.89. The fourth-order valence-corrected chi connectivity index (χ4v) is 2.96. The van der Waals surface area contributed by atoms with Crippen LogP contribution < -0.4 is 10.6 Å². The van der Waals surface area contributed by atoms with Crippen LogP contribution in [0, 0.1) is 13.8 Å². The summed E-state index contributed by atoms with van der Waals surface area (Å²) >= 11 is 6.31. The van der Waals surface area contributed by atoms with Crippen LogP contribution in [0.15, 0.2) is 55.0 Å². The Balaban J connectivity index is 1.66. The van der Waals surface area contributed by atoms with E-state index in [1.807, 2.05) is 32.0 Å². The topological polar surface area (TPSA) is 66.9 Å². The molecule has 0 bridgehead atoms. The zero-order valence-corrected chi connectivity index (χ0v) is 15.3. The maximum atomic E-state index is 12.2. The molecular formula is C20H19ClN4O. The summed E-state index contributed by atoms with van der Waals surface area (Å²) in [5.74, 6) is 0.445. The monoisotopic (exact) mass is 366 g/mol. The predicted octanol–water partition coefficient (Wildman–Crippen LogP) is 4.42. The second-order valence-electron chi connectivity index (χ2n) is 6.04. The number of pyridine rings is 2. The molecule has 2 heterocycles. The van der Waals surface area contributed by atoms with E-state index in [-0.39, 0.29) is 5.91 Å². The molecule has 0 aliphatic rings. The Labute approximate surface area is 157 Å². The Morgan fingerprint density at radius 3 is 2.65 bits per heavy atom. The van der Waals surface area contributed by atoms with Crippen molar-refractivity contribution in [3.05, 3.63) is 82.3 Å². The SMILES string of the molecule is Cc1cc(C)c(Nc2ccc(C(=O)NCc3cccnc3)cn2)c(Cl)c1. The molecule has 132 valence electrons. The quantitative estimate of drug-likeness (QED) is 0.701. The van der Waals surface area contributed by atoms with Crippen LogP contribution in [0.1, 0.15) is 27.0 Å². The number of carbonyl (C=O) groups is 1. The molecule has 3 rings (SSSR count). The van der Waals surface area contributed by atoms with E-state index < -0.39 is 0 Å². The van der Waals surface area contributed by atoms with Crippen molar-refractivity contribution in [3.63, 3.8) is 0 Å². The number of carbonyl (C=O) groups excluding carboxylic acids is 1. The second kappa shape index (κ2) is 7.97. The minimum absolute atomic E-state index is 0.183. The maximum absolute atomic E-state index is 12.2. The smallest absolute Gasteiger partial charge is 0.253 e. The minimum Gasteiger partial charge on any atom is -0.348 e. The van der Waals surface area contributed by atoms with Gasteiger partial charge in [-0.25, -0.2) is 4.98 Å². The molecule has 0 aliphatic carbocycles. The molecule has 1 amide bonds. The van der Waals surface area contributed by atoms with Gasteiger partial charge in [0.15, 0.2) is 0 Å². The second-order valence-corrected chi connectivity index (χ2v) is 6.45. The van der Waals surface area contributed by atoms with Gasteiger partial charge < -0.3 is 10.6 Å². The lowest BCUT2D eigenvalue weighted by Gasteiger charge is -2.12. The number of rotatable bonds is 5. The molecule has 2 aromatic heterocycles. The van der Waals surface area contributed by atoms with Crippen molar-refractivity contribution >= 4 is 29.0 Å². The van der Waals surface area contributed by atoms with Gasteiger partial charge in [0.25, 0.3) is 5.91 Å². The lowest BCUT2D eigenvalue weighted by atomic mass is 10.1. The van der Waals surface area contributed by atoms with Crippen molar-refractivity contribution in [2.45, 2.75) is 20.4 Å². The summed E-state index contributed by atoms with van der Waals surface area (Å²) in [5.41, 5.74) is 4.39. The lowest BCUT2D eigenvalue weighted by molar-refractivity contribution is 0.0950. The third-order valence-corrected chi connectivity index (χ3v) is 4.18. The maximum Gasteiger partial charge on any atom is 0.253 e. The average Bonchev–Trinajstić information content (AvgIpc) is 2.64.